The Morgan fingerprint density at radius 2 is 1.63 bits per heavy atom. The van der Waals surface area contributed by atoms with Crippen LogP contribution < -0.4 is 0 Å². The predicted molar refractivity (Wildman–Crippen MR) is 80.6 cm³/mol. The number of halogens is 3. The number of alkyl halides is 1. The molecule has 0 fully saturated rings. The highest BCUT2D eigenvalue weighted by Crippen LogP contribution is 2.31. The van der Waals surface area contributed by atoms with Gasteiger partial charge >= 0.3 is 0 Å². The molecule has 19 heavy (non-hydrogen) atoms. The molecule has 0 spiro atoms. The van der Waals surface area contributed by atoms with Crippen LogP contribution in [0, 0.1) is 11.6 Å². The van der Waals surface area contributed by atoms with Crippen LogP contribution in [0.3, 0.4) is 0 Å². The Labute approximate surface area is 123 Å². The van der Waals surface area contributed by atoms with Crippen LogP contribution in [-0.4, -0.2) is 0 Å². The Morgan fingerprint density at radius 3 is 2.32 bits per heavy atom. The summed E-state index contributed by atoms with van der Waals surface area (Å²) < 4.78 is 26.6. The van der Waals surface area contributed by atoms with E-state index in [1.165, 1.54) is 50.7 Å². The minimum Gasteiger partial charge on any atom is -0.207 e. The van der Waals surface area contributed by atoms with E-state index in [4.69, 9.17) is 0 Å². The molecule has 0 aromatic heterocycles. The highest BCUT2D eigenvalue weighted by atomic mass is 79.9. The van der Waals surface area contributed by atoms with Crippen LogP contribution >= 0.6 is 15.9 Å². The van der Waals surface area contributed by atoms with Crippen LogP contribution in [0.4, 0.5) is 8.78 Å². The average molecular weight is 333 g/mol. The van der Waals surface area contributed by atoms with Crippen LogP contribution in [0.5, 0.6) is 0 Å². The average Bonchev–Trinajstić information content (AvgIpc) is 2.40. The van der Waals surface area contributed by atoms with E-state index >= 15 is 0 Å². The Balaban J connectivity index is 2.23. The minimum absolute atomic E-state index is 0.0844. The molecule has 0 saturated heterocycles. The maximum atomic E-state index is 13.5. The molecular weight excluding hydrogens is 310 g/mol. The first-order chi connectivity index (χ1) is 9.15. The lowest BCUT2D eigenvalue weighted by Crippen LogP contribution is -1.96. The van der Waals surface area contributed by atoms with Gasteiger partial charge in [-0.15, -0.1) is 0 Å². The zero-order valence-electron chi connectivity index (χ0n) is 11.6. The van der Waals surface area contributed by atoms with Gasteiger partial charge in [0.25, 0.3) is 0 Å². The first-order valence-electron chi connectivity index (χ1n) is 7.24. The van der Waals surface area contributed by atoms with E-state index in [0.29, 0.717) is 5.56 Å². The largest absolute Gasteiger partial charge is 0.207 e. The molecule has 0 heterocycles. The van der Waals surface area contributed by atoms with Crippen LogP contribution in [0.15, 0.2) is 18.2 Å². The first kappa shape index (κ1) is 16.6. The van der Waals surface area contributed by atoms with Gasteiger partial charge in [-0.25, -0.2) is 8.78 Å². The Bertz CT molecular complexity index is 366. The number of benzene rings is 1. The van der Waals surface area contributed by atoms with Crippen molar-refractivity contribution in [3.8, 4) is 0 Å². The van der Waals surface area contributed by atoms with Crippen molar-refractivity contribution < 1.29 is 8.78 Å². The Kier molecular flexibility index (Phi) is 8.27. The number of unbranched alkanes of at least 4 members (excludes halogenated alkanes) is 6. The third-order valence-corrected chi connectivity index (χ3v) is 4.31. The summed E-state index contributed by atoms with van der Waals surface area (Å²) in [7, 11) is 0. The van der Waals surface area contributed by atoms with Crippen LogP contribution in [-0.2, 0) is 0 Å². The first-order valence-corrected chi connectivity index (χ1v) is 8.15. The van der Waals surface area contributed by atoms with Crippen LogP contribution in [0.25, 0.3) is 0 Å². The lowest BCUT2D eigenvalue weighted by atomic mass is 10.0. The van der Waals surface area contributed by atoms with E-state index in [2.05, 4.69) is 22.9 Å². The molecule has 1 unspecified atom stereocenters. The van der Waals surface area contributed by atoms with Crippen molar-refractivity contribution in [1.29, 1.82) is 0 Å². The summed E-state index contributed by atoms with van der Waals surface area (Å²) in [5, 5.41) is 0. The van der Waals surface area contributed by atoms with Gasteiger partial charge < -0.3 is 0 Å². The highest BCUT2D eigenvalue weighted by Gasteiger charge is 2.13. The Morgan fingerprint density at radius 1 is 1.00 bits per heavy atom. The van der Waals surface area contributed by atoms with E-state index in [1.54, 1.807) is 0 Å². The van der Waals surface area contributed by atoms with Crippen molar-refractivity contribution in [1.82, 2.24) is 0 Å². The molecule has 0 saturated carbocycles. The molecule has 1 rings (SSSR count). The molecule has 0 N–H and O–H groups in total. The third-order valence-electron chi connectivity index (χ3n) is 3.36. The molecule has 0 aliphatic heterocycles. The minimum atomic E-state index is -0.375. The summed E-state index contributed by atoms with van der Waals surface area (Å²) in [4.78, 5) is -0.0844. The van der Waals surface area contributed by atoms with Gasteiger partial charge in [0.1, 0.15) is 11.6 Å². The van der Waals surface area contributed by atoms with Gasteiger partial charge in [0, 0.05) is 10.4 Å². The fraction of sp³-hybridized carbons (Fsp3) is 0.625. The molecule has 0 aliphatic rings. The van der Waals surface area contributed by atoms with Crippen LogP contribution in [0.2, 0.25) is 0 Å². The second kappa shape index (κ2) is 9.46. The highest BCUT2D eigenvalue weighted by molar-refractivity contribution is 9.09. The van der Waals surface area contributed by atoms with Gasteiger partial charge in [0.05, 0.1) is 0 Å². The maximum absolute atomic E-state index is 13.5. The quantitative estimate of drug-likeness (QED) is 0.355. The fourth-order valence-electron chi connectivity index (χ4n) is 2.19. The molecule has 0 amide bonds. The molecule has 1 atom stereocenters. The van der Waals surface area contributed by atoms with Gasteiger partial charge in [-0.2, -0.15) is 0 Å². The van der Waals surface area contributed by atoms with E-state index in [1.807, 2.05) is 0 Å². The molecule has 0 aliphatic carbocycles. The van der Waals surface area contributed by atoms with E-state index in [0.717, 1.165) is 18.9 Å². The number of hydrogen-bond acceptors (Lipinski definition) is 0. The molecule has 3 heteroatoms. The monoisotopic (exact) mass is 332 g/mol. The number of rotatable bonds is 9. The van der Waals surface area contributed by atoms with Crippen molar-refractivity contribution in [2.24, 2.45) is 0 Å². The van der Waals surface area contributed by atoms with Crippen molar-refractivity contribution >= 4 is 15.9 Å². The Hall–Kier alpha value is -0.440. The topological polar surface area (TPSA) is 0 Å². The fourth-order valence-corrected chi connectivity index (χ4v) is 2.87. The summed E-state index contributed by atoms with van der Waals surface area (Å²) in [6.45, 7) is 2.21. The molecule has 1 aromatic carbocycles. The van der Waals surface area contributed by atoms with Gasteiger partial charge in [0.15, 0.2) is 0 Å². The predicted octanol–water partition coefficient (Wildman–Crippen LogP) is 6.54. The van der Waals surface area contributed by atoms with Gasteiger partial charge in [-0.05, 0) is 24.6 Å². The zero-order valence-corrected chi connectivity index (χ0v) is 13.2. The normalized spacial score (nSPS) is 12.6. The SMILES string of the molecule is CCCCCCCCCC(Br)c1cc(F)ccc1F. The van der Waals surface area contributed by atoms with Crippen molar-refractivity contribution in [3.63, 3.8) is 0 Å². The molecular formula is C16H23BrF2. The van der Waals surface area contributed by atoms with Gasteiger partial charge in [-0.1, -0.05) is 67.8 Å². The summed E-state index contributed by atoms with van der Waals surface area (Å²) in [5.41, 5.74) is 0.436. The van der Waals surface area contributed by atoms with Crippen molar-refractivity contribution in [2.45, 2.75) is 63.1 Å². The second-order valence-electron chi connectivity index (χ2n) is 5.04. The van der Waals surface area contributed by atoms with Crippen LogP contribution in [0.1, 0.15) is 68.7 Å². The van der Waals surface area contributed by atoms with Gasteiger partial charge in [0.2, 0.25) is 0 Å². The lowest BCUT2D eigenvalue weighted by Gasteiger charge is -2.11. The summed E-state index contributed by atoms with van der Waals surface area (Å²) in [6.07, 6.45) is 9.50. The molecule has 0 nitrogen and oxygen atoms in total. The molecule has 0 bridgehead atoms. The smallest absolute Gasteiger partial charge is 0.127 e. The van der Waals surface area contributed by atoms with Crippen molar-refractivity contribution in [2.75, 3.05) is 0 Å². The molecule has 108 valence electrons. The zero-order chi connectivity index (χ0) is 14.1. The summed E-state index contributed by atoms with van der Waals surface area (Å²) >= 11 is 3.46. The summed E-state index contributed by atoms with van der Waals surface area (Å²) in [5.74, 6) is -0.702. The lowest BCUT2D eigenvalue weighted by molar-refractivity contribution is 0.556. The maximum Gasteiger partial charge on any atom is 0.127 e. The van der Waals surface area contributed by atoms with Crippen molar-refractivity contribution in [3.05, 3.63) is 35.4 Å². The van der Waals surface area contributed by atoms with E-state index in [9.17, 15) is 8.78 Å². The van der Waals surface area contributed by atoms with E-state index in [-0.39, 0.29) is 16.5 Å². The van der Waals surface area contributed by atoms with Gasteiger partial charge in [-0.3, -0.25) is 0 Å². The summed E-state index contributed by atoms with van der Waals surface area (Å²) in [6, 6.07) is 3.64. The third kappa shape index (κ3) is 6.51. The standard InChI is InChI=1S/C16H23BrF2/c1-2-3-4-5-6-7-8-9-15(17)14-12-13(18)10-11-16(14)19/h10-12,15H,2-9H2,1H3. The molecule has 0 radical (unpaired) electrons. The number of hydrogen-bond donors (Lipinski definition) is 0. The second-order valence-corrected chi connectivity index (χ2v) is 6.15. The molecule has 1 aromatic rings. The van der Waals surface area contributed by atoms with E-state index < -0.39 is 0 Å².